The van der Waals surface area contributed by atoms with Crippen molar-refractivity contribution in [2.24, 2.45) is 7.05 Å². The zero-order chi connectivity index (χ0) is 13.4. The molecule has 3 rings (SSSR count). The normalized spacial score (nSPS) is 10.9. The van der Waals surface area contributed by atoms with Crippen LogP contribution in [0.15, 0.2) is 54.7 Å². The van der Waals surface area contributed by atoms with Crippen molar-refractivity contribution in [1.29, 1.82) is 0 Å². The van der Waals surface area contributed by atoms with E-state index in [4.69, 9.17) is 0 Å². The summed E-state index contributed by atoms with van der Waals surface area (Å²) in [7, 11) is 2.11. The van der Waals surface area contributed by atoms with Gasteiger partial charge in [-0.3, -0.25) is 0 Å². The molecule has 94 valence electrons. The summed E-state index contributed by atoms with van der Waals surface area (Å²) in [6, 6.07) is 17.3. The lowest BCUT2D eigenvalue weighted by molar-refractivity contribution is -0.659. The van der Waals surface area contributed by atoms with Gasteiger partial charge >= 0.3 is 0 Å². The van der Waals surface area contributed by atoms with Crippen LogP contribution in [0.1, 0.15) is 11.1 Å². The molecule has 2 aromatic carbocycles. The minimum Gasteiger partial charge on any atom is -0.200 e. The SMILES string of the molecule is Cc1ccccc1-c1c2cccc(C)c2cc[n+]1C. The van der Waals surface area contributed by atoms with E-state index in [1.54, 1.807) is 0 Å². The lowest BCUT2D eigenvalue weighted by Gasteiger charge is -2.08. The lowest BCUT2D eigenvalue weighted by Crippen LogP contribution is -2.30. The molecule has 0 radical (unpaired) electrons. The molecule has 1 heterocycles. The number of pyridine rings is 1. The summed E-state index contributed by atoms with van der Waals surface area (Å²) in [6.07, 6.45) is 2.15. The number of hydrogen-bond donors (Lipinski definition) is 0. The van der Waals surface area contributed by atoms with E-state index in [9.17, 15) is 0 Å². The Labute approximate surface area is 114 Å². The van der Waals surface area contributed by atoms with Crippen LogP contribution in [-0.2, 0) is 7.05 Å². The molecule has 0 aliphatic carbocycles. The first-order chi connectivity index (χ1) is 9.18. The van der Waals surface area contributed by atoms with Crippen LogP contribution >= 0.6 is 0 Å². The second kappa shape index (κ2) is 4.51. The van der Waals surface area contributed by atoms with Crippen molar-refractivity contribution in [3.05, 3.63) is 65.9 Å². The second-order valence-corrected chi connectivity index (χ2v) is 5.13. The third-order valence-corrected chi connectivity index (χ3v) is 3.80. The maximum atomic E-state index is 2.21. The molecular weight excluding hydrogens is 230 g/mol. The van der Waals surface area contributed by atoms with E-state index in [0.29, 0.717) is 0 Å². The fraction of sp³-hybridized carbons (Fsp3) is 0.167. The van der Waals surface area contributed by atoms with Crippen LogP contribution in [-0.4, -0.2) is 0 Å². The first kappa shape index (κ1) is 11.9. The maximum absolute atomic E-state index is 2.21. The Balaban J connectivity index is 2.44. The number of aryl methyl sites for hydroxylation is 3. The molecule has 3 aromatic rings. The number of nitrogens with zero attached hydrogens (tertiary/aromatic N) is 1. The largest absolute Gasteiger partial charge is 0.220 e. The van der Waals surface area contributed by atoms with Gasteiger partial charge in [-0.2, -0.15) is 0 Å². The summed E-state index contributed by atoms with van der Waals surface area (Å²) < 4.78 is 2.21. The van der Waals surface area contributed by atoms with Gasteiger partial charge in [0.1, 0.15) is 7.05 Å². The average molecular weight is 248 g/mol. The van der Waals surface area contributed by atoms with Crippen molar-refractivity contribution >= 4 is 10.8 Å². The number of hydrogen-bond acceptors (Lipinski definition) is 0. The van der Waals surface area contributed by atoms with E-state index < -0.39 is 0 Å². The lowest BCUT2D eigenvalue weighted by atomic mass is 9.98. The molecule has 1 aromatic heterocycles. The average Bonchev–Trinajstić information content (AvgIpc) is 2.40. The molecule has 0 fully saturated rings. The van der Waals surface area contributed by atoms with E-state index in [2.05, 4.69) is 80.2 Å². The third-order valence-electron chi connectivity index (χ3n) is 3.80. The third kappa shape index (κ3) is 1.91. The van der Waals surface area contributed by atoms with E-state index >= 15 is 0 Å². The van der Waals surface area contributed by atoms with Gasteiger partial charge in [-0.05, 0) is 42.5 Å². The molecule has 1 nitrogen and oxygen atoms in total. The van der Waals surface area contributed by atoms with Crippen molar-refractivity contribution in [2.45, 2.75) is 13.8 Å². The monoisotopic (exact) mass is 248 g/mol. The van der Waals surface area contributed by atoms with Crippen LogP contribution in [0.3, 0.4) is 0 Å². The van der Waals surface area contributed by atoms with Gasteiger partial charge in [0.05, 0.1) is 5.39 Å². The van der Waals surface area contributed by atoms with Gasteiger partial charge in [0, 0.05) is 11.6 Å². The molecule has 0 spiro atoms. The summed E-state index contributed by atoms with van der Waals surface area (Å²) in [4.78, 5) is 0. The Bertz CT molecular complexity index is 757. The fourth-order valence-corrected chi connectivity index (χ4v) is 2.73. The molecule has 19 heavy (non-hydrogen) atoms. The topological polar surface area (TPSA) is 3.88 Å². The predicted molar refractivity (Wildman–Crippen MR) is 80.0 cm³/mol. The predicted octanol–water partition coefficient (Wildman–Crippen LogP) is 3.95. The highest BCUT2D eigenvalue weighted by molar-refractivity contribution is 5.95. The van der Waals surface area contributed by atoms with Gasteiger partial charge in [-0.15, -0.1) is 0 Å². The Morgan fingerprint density at radius 2 is 1.47 bits per heavy atom. The van der Waals surface area contributed by atoms with Gasteiger partial charge in [0.2, 0.25) is 5.69 Å². The zero-order valence-corrected chi connectivity index (χ0v) is 11.6. The molecule has 0 aliphatic rings. The van der Waals surface area contributed by atoms with Crippen molar-refractivity contribution in [3.63, 3.8) is 0 Å². The van der Waals surface area contributed by atoms with Gasteiger partial charge in [-0.25, -0.2) is 4.57 Å². The van der Waals surface area contributed by atoms with E-state index in [0.717, 1.165) is 0 Å². The molecule has 0 aliphatic heterocycles. The number of benzene rings is 2. The number of rotatable bonds is 1. The maximum Gasteiger partial charge on any atom is 0.220 e. The molecule has 0 amide bonds. The summed E-state index contributed by atoms with van der Waals surface area (Å²) in [5.74, 6) is 0. The highest BCUT2D eigenvalue weighted by Gasteiger charge is 2.16. The van der Waals surface area contributed by atoms with Crippen LogP contribution in [0.4, 0.5) is 0 Å². The van der Waals surface area contributed by atoms with Gasteiger partial charge in [0.15, 0.2) is 6.20 Å². The number of aromatic nitrogens is 1. The molecule has 0 atom stereocenters. The highest BCUT2D eigenvalue weighted by Crippen LogP contribution is 2.28. The number of fused-ring (bicyclic) bond motifs is 1. The molecule has 1 heteroatoms. The van der Waals surface area contributed by atoms with Crippen molar-refractivity contribution < 1.29 is 4.57 Å². The van der Waals surface area contributed by atoms with Crippen LogP contribution in [0.25, 0.3) is 22.0 Å². The van der Waals surface area contributed by atoms with Crippen LogP contribution in [0.2, 0.25) is 0 Å². The first-order valence-electron chi connectivity index (χ1n) is 6.62. The van der Waals surface area contributed by atoms with Crippen molar-refractivity contribution in [2.75, 3.05) is 0 Å². The van der Waals surface area contributed by atoms with Crippen LogP contribution < -0.4 is 4.57 Å². The second-order valence-electron chi connectivity index (χ2n) is 5.13. The van der Waals surface area contributed by atoms with Crippen molar-refractivity contribution in [3.8, 4) is 11.3 Å². The Morgan fingerprint density at radius 1 is 0.737 bits per heavy atom. The minimum atomic E-state index is 1.29. The molecule has 0 unspecified atom stereocenters. The van der Waals surface area contributed by atoms with E-state index in [-0.39, 0.29) is 0 Å². The summed E-state index contributed by atoms with van der Waals surface area (Å²) in [5, 5.41) is 2.65. The molecule has 0 saturated heterocycles. The highest BCUT2D eigenvalue weighted by atomic mass is 14.9. The summed E-state index contributed by atoms with van der Waals surface area (Å²) in [5.41, 5.74) is 5.24. The van der Waals surface area contributed by atoms with E-state index in [1.807, 2.05) is 0 Å². The van der Waals surface area contributed by atoms with Crippen molar-refractivity contribution in [1.82, 2.24) is 0 Å². The Hall–Kier alpha value is -2.15. The Kier molecular flexibility index (Phi) is 2.83. The molecular formula is C18H18N+. The minimum absolute atomic E-state index is 1.29. The molecule has 0 N–H and O–H groups in total. The molecule has 0 bridgehead atoms. The smallest absolute Gasteiger partial charge is 0.200 e. The van der Waals surface area contributed by atoms with Gasteiger partial charge in [-0.1, -0.05) is 30.3 Å². The van der Waals surface area contributed by atoms with Crippen LogP contribution in [0, 0.1) is 13.8 Å². The van der Waals surface area contributed by atoms with Crippen LogP contribution in [0.5, 0.6) is 0 Å². The van der Waals surface area contributed by atoms with Gasteiger partial charge < -0.3 is 0 Å². The summed E-state index contributed by atoms with van der Waals surface area (Å²) in [6.45, 7) is 4.34. The fourth-order valence-electron chi connectivity index (χ4n) is 2.73. The van der Waals surface area contributed by atoms with Gasteiger partial charge in [0.25, 0.3) is 0 Å². The first-order valence-corrected chi connectivity index (χ1v) is 6.62. The van der Waals surface area contributed by atoms with E-state index in [1.165, 1.54) is 33.2 Å². The Morgan fingerprint density at radius 3 is 2.26 bits per heavy atom. The standard InChI is InChI=1S/C18H18N/c1-13-8-6-10-17-15(13)11-12-19(3)18(17)16-9-5-4-7-14(16)2/h4-12H,1-3H3/q+1. The summed E-state index contributed by atoms with van der Waals surface area (Å²) >= 11 is 0. The quantitative estimate of drug-likeness (QED) is 0.574. The molecule has 0 saturated carbocycles. The zero-order valence-electron chi connectivity index (χ0n) is 11.6.